The Morgan fingerprint density at radius 2 is 2.00 bits per heavy atom. The topological polar surface area (TPSA) is 24.5 Å². The van der Waals surface area contributed by atoms with Gasteiger partial charge in [0.2, 0.25) is 0 Å². The molecule has 2 aliphatic heterocycles. The molecule has 0 aromatic heterocycles. The van der Waals surface area contributed by atoms with Crippen molar-refractivity contribution in [2.75, 3.05) is 32.8 Å². The lowest BCUT2D eigenvalue weighted by Gasteiger charge is -2.45. The van der Waals surface area contributed by atoms with Gasteiger partial charge in [0.05, 0.1) is 0 Å². The average Bonchev–Trinajstić information content (AvgIpc) is 3.17. The molecule has 2 saturated heterocycles. The van der Waals surface area contributed by atoms with Crippen molar-refractivity contribution in [1.29, 1.82) is 0 Å². The molecule has 3 nitrogen and oxygen atoms in total. The maximum Gasteiger partial charge on any atom is 0.0471 e. The lowest BCUT2D eigenvalue weighted by atomic mass is 9.81. The molecule has 1 N–H and O–H groups in total. The molecular formula is C15H28N2O. The molecule has 3 heteroatoms. The summed E-state index contributed by atoms with van der Waals surface area (Å²) >= 11 is 0. The van der Waals surface area contributed by atoms with Gasteiger partial charge in [-0.2, -0.15) is 0 Å². The Labute approximate surface area is 111 Å². The van der Waals surface area contributed by atoms with Crippen LogP contribution in [0.1, 0.15) is 39.5 Å². The molecule has 3 aliphatic rings. The monoisotopic (exact) mass is 252 g/mol. The molecule has 2 heterocycles. The Morgan fingerprint density at radius 1 is 1.28 bits per heavy atom. The number of hydrogen-bond acceptors (Lipinski definition) is 3. The largest absolute Gasteiger partial charge is 0.381 e. The number of hydrogen-bond donors (Lipinski definition) is 1. The van der Waals surface area contributed by atoms with E-state index in [4.69, 9.17) is 4.74 Å². The minimum Gasteiger partial charge on any atom is -0.381 e. The van der Waals surface area contributed by atoms with Crippen LogP contribution in [0.4, 0.5) is 0 Å². The highest BCUT2D eigenvalue weighted by Gasteiger charge is 2.38. The molecule has 2 unspecified atom stereocenters. The Hall–Kier alpha value is -0.120. The Morgan fingerprint density at radius 3 is 2.67 bits per heavy atom. The van der Waals surface area contributed by atoms with Crippen molar-refractivity contribution in [2.24, 2.45) is 11.3 Å². The second-order valence-corrected chi connectivity index (χ2v) is 7.05. The predicted molar refractivity (Wildman–Crippen MR) is 73.7 cm³/mol. The molecule has 18 heavy (non-hydrogen) atoms. The van der Waals surface area contributed by atoms with E-state index in [-0.39, 0.29) is 0 Å². The third-order valence-electron chi connectivity index (χ3n) is 5.21. The van der Waals surface area contributed by atoms with E-state index in [9.17, 15) is 0 Å². The van der Waals surface area contributed by atoms with Crippen LogP contribution in [-0.2, 0) is 4.74 Å². The van der Waals surface area contributed by atoms with Crippen LogP contribution in [-0.4, -0.2) is 49.8 Å². The van der Waals surface area contributed by atoms with Crippen LogP contribution in [0.15, 0.2) is 0 Å². The van der Waals surface area contributed by atoms with Crippen molar-refractivity contribution in [3.63, 3.8) is 0 Å². The SMILES string of the molecule is CC1CNC(C2CC2)CN1CC1(C)CCOCC1. The van der Waals surface area contributed by atoms with E-state index in [0.29, 0.717) is 11.5 Å². The van der Waals surface area contributed by atoms with E-state index in [1.165, 1.54) is 45.3 Å². The summed E-state index contributed by atoms with van der Waals surface area (Å²) in [6, 6.07) is 1.46. The van der Waals surface area contributed by atoms with Gasteiger partial charge in [0.15, 0.2) is 0 Å². The fourth-order valence-electron chi connectivity index (χ4n) is 3.50. The number of piperazine rings is 1. The van der Waals surface area contributed by atoms with Gasteiger partial charge in [0.25, 0.3) is 0 Å². The quantitative estimate of drug-likeness (QED) is 0.830. The van der Waals surface area contributed by atoms with Crippen molar-refractivity contribution in [3.8, 4) is 0 Å². The molecule has 0 spiro atoms. The molecule has 0 aromatic rings. The van der Waals surface area contributed by atoms with Crippen LogP contribution >= 0.6 is 0 Å². The van der Waals surface area contributed by atoms with Crippen LogP contribution in [0.3, 0.4) is 0 Å². The maximum atomic E-state index is 5.52. The first-order valence-corrected chi connectivity index (χ1v) is 7.71. The van der Waals surface area contributed by atoms with Gasteiger partial charge < -0.3 is 10.1 Å². The molecule has 0 aromatic carbocycles. The van der Waals surface area contributed by atoms with Gasteiger partial charge in [-0.05, 0) is 43.9 Å². The second kappa shape index (κ2) is 5.10. The summed E-state index contributed by atoms with van der Waals surface area (Å²) in [7, 11) is 0. The van der Waals surface area contributed by atoms with Gasteiger partial charge in [-0.1, -0.05) is 6.92 Å². The van der Waals surface area contributed by atoms with E-state index in [1.54, 1.807) is 0 Å². The Kier molecular flexibility index (Phi) is 3.65. The Bertz CT molecular complexity index is 284. The normalized spacial score (nSPS) is 37.7. The van der Waals surface area contributed by atoms with Crippen molar-refractivity contribution in [1.82, 2.24) is 10.2 Å². The third kappa shape index (κ3) is 2.89. The summed E-state index contributed by atoms with van der Waals surface area (Å²) in [5, 5.41) is 3.74. The zero-order valence-corrected chi connectivity index (χ0v) is 12.0. The lowest BCUT2D eigenvalue weighted by molar-refractivity contribution is -0.00941. The predicted octanol–water partition coefficient (Wildman–Crippen LogP) is 1.88. The number of nitrogens with zero attached hydrogens (tertiary/aromatic N) is 1. The van der Waals surface area contributed by atoms with Crippen LogP contribution < -0.4 is 5.32 Å². The molecule has 3 rings (SSSR count). The molecule has 0 amide bonds. The summed E-state index contributed by atoms with van der Waals surface area (Å²) in [4.78, 5) is 2.74. The molecule has 1 saturated carbocycles. The van der Waals surface area contributed by atoms with Crippen molar-refractivity contribution < 1.29 is 4.74 Å². The highest BCUT2D eigenvalue weighted by Crippen LogP contribution is 2.36. The van der Waals surface area contributed by atoms with E-state index < -0.39 is 0 Å². The molecule has 2 atom stereocenters. The molecule has 0 radical (unpaired) electrons. The number of nitrogens with one attached hydrogen (secondary N) is 1. The fraction of sp³-hybridized carbons (Fsp3) is 1.00. The third-order valence-corrected chi connectivity index (χ3v) is 5.21. The first kappa shape index (κ1) is 12.9. The number of rotatable bonds is 3. The first-order valence-electron chi connectivity index (χ1n) is 7.71. The van der Waals surface area contributed by atoms with Gasteiger partial charge in [0, 0.05) is 44.9 Å². The van der Waals surface area contributed by atoms with Gasteiger partial charge in [-0.15, -0.1) is 0 Å². The summed E-state index contributed by atoms with van der Waals surface area (Å²) in [6.07, 6.45) is 5.37. The minimum atomic E-state index is 0.484. The smallest absolute Gasteiger partial charge is 0.0471 e. The zero-order chi connectivity index (χ0) is 12.6. The van der Waals surface area contributed by atoms with Crippen molar-refractivity contribution in [3.05, 3.63) is 0 Å². The first-order chi connectivity index (χ1) is 8.66. The zero-order valence-electron chi connectivity index (χ0n) is 12.0. The minimum absolute atomic E-state index is 0.484. The van der Waals surface area contributed by atoms with Crippen LogP contribution in [0.5, 0.6) is 0 Å². The summed E-state index contributed by atoms with van der Waals surface area (Å²) < 4.78 is 5.52. The van der Waals surface area contributed by atoms with E-state index >= 15 is 0 Å². The highest BCUT2D eigenvalue weighted by atomic mass is 16.5. The van der Waals surface area contributed by atoms with Gasteiger partial charge >= 0.3 is 0 Å². The molecular weight excluding hydrogens is 224 g/mol. The summed E-state index contributed by atoms with van der Waals surface area (Å²) in [5.74, 6) is 0.975. The molecule has 104 valence electrons. The Balaban J connectivity index is 1.58. The molecule has 0 bridgehead atoms. The van der Waals surface area contributed by atoms with Crippen molar-refractivity contribution >= 4 is 0 Å². The fourth-order valence-corrected chi connectivity index (χ4v) is 3.50. The second-order valence-electron chi connectivity index (χ2n) is 7.05. The standard InChI is InChI=1S/C15H28N2O/c1-12-9-16-14(13-3-4-13)10-17(12)11-15(2)5-7-18-8-6-15/h12-14,16H,3-11H2,1-2H3. The summed E-state index contributed by atoms with van der Waals surface area (Å²) in [6.45, 7) is 10.5. The molecule has 3 fully saturated rings. The van der Waals surface area contributed by atoms with Crippen LogP contribution in [0.25, 0.3) is 0 Å². The van der Waals surface area contributed by atoms with E-state index in [2.05, 4.69) is 24.1 Å². The average molecular weight is 252 g/mol. The van der Waals surface area contributed by atoms with Gasteiger partial charge in [-0.25, -0.2) is 0 Å². The van der Waals surface area contributed by atoms with Crippen LogP contribution in [0, 0.1) is 11.3 Å². The maximum absolute atomic E-state index is 5.52. The highest BCUT2D eigenvalue weighted by molar-refractivity contribution is 4.95. The van der Waals surface area contributed by atoms with Crippen LogP contribution in [0.2, 0.25) is 0 Å². The lowest BCUT2D eigenvalue weighted by Crippen LogP contribution is -2.58. The van der Waals surface area contributed by atoms with E-state index in [0.717, 1.165) is 25.2 Å². The van der Waals surface area contributed by atoms with Crippen molar-refractivity contribution in [2.45, 2.75) is 51.6 Å². The van der Waals surface area contributed by atoms with E-state index in [1.807, 2.05) is 0 Å². The van der Waals surface area contributed by atoms with Gasteiger partial charge in [0.1, 0.15) is 0 Å². The molecule has 1 aliphatic carbocycles. The van der Waals surface area contributed by atoms with Gasteiger partial charge in [-0.3, -0.25) is 4.90 Å². The summed E-state index contributed by atoms with van der Waals surface area (Å²) in [5.41, 5.74) is 0.484. The number of ether oxygens (including phenoxy) is 1.